The van der Waals surface area contributed by atoms with Crippen LogP contribution in [0.5, 0.6) is 0 Å². The molecule has 1 heterocycles. The molecule has 0 fully saturated rings. The molecule has 0 atom stereocenters. The number of aryl methyl sites for hydroxylation is 1. The molecule has 0 aliphatic heterocycles. The lowest BCUT2D eigenvalue weighted by atomic mass is 10.1. The van der Waals surface area contributed by atoms with Crippen molar-refractivity contribution in [2.75, 3.05) is 25.5 Å². The molecule has 2 amide bonds. The predicted molar refractivity (Wildman–Crippen MR) is 116 cm³/mol. The molecule has 6 nitrogen and oxygen atoms in total. The molecule has 7 heteroatoms. The van der Waals surface area contributed by atoms with Gasteiger partial charge in [0.05, 0.1) is 17.6 Å². The number of thiophene rings is 1. The molecule has 2 rings (SSSR count). The van der Waals surface area contributed by atoms with Gasteiger partial charge in [0.1, 0.15) is 5.00 Å². The Morgan fingerprint density at radius 3 is 2.28 bits per heavy atom. The van der Waals surface area contributed by atoms with Crippen molar-refractivity contribution in [3.63, 3.8) is 0 Å². The quantitative estimate of drug-likeness (QED) is 0.542. The van der Waals surface area contributed by atoms with Crippen LogP contribution in [-0.4, -0.2) is 42.9 Å². The number of anilines is 1. The van der Waals surface area contributed by atoms with Crippen molar-refractivity contribution >= 4 is 40.2 Å². The van der Waals surface area contributed by atoms with Crippen molar-refractivity contribution in [1.82, 2.24) is 4.90 Å². The highest BCUT2D eigenvalue weighted by molar-refractivity contribution is 7.18. The third-order valence-electron chi connectivity index (χ3n) is 4.52. The number of benzene rings is 1. The largest absolute Gasteiger partial charge is 0.465 e. The Bertz CT molecular complexity index is 925. The molecule has 1 N–H and O–H groups in total. The Morgan fingerprint density at radius 1 is 1.10 bits per heavy atom. The van der Waals surface area contributed by atoms with E-state index in [1.807, 2.05) is 45.0 Å². The molecule has 0 unspecified atom stereocenters. The second-order valence-corrected chi connectivity index (χ2v) is 7.48. The Labute approximate surface area is 175 Å². The molecule has 0 aliphatic carbocycles. The molecule has 0 saturated heterocycles. The maximum absolute atomic E-state index is 12.8. The molecular weight excluding hydrogens is 388 g/mol. The van der Waals surface area contributed by atoms with E-state index < -0.39 is 5.97 Å². The third kappa shape index (κ3) is 5.32. The number of nitrogens with zero attached hydrogens (tertiary/aromatic N) is 1. The van der Waals surface area contributed by atoms with Gasteiger partial charge in [-0.3, -0.25) is 9.59 Å². The summed E-state index contributed by atoms with van der Waals surface area (Å²) in [5, 5.41) is 3.03. The maximum atomic E-state index is 12.8. The highest BCUT2D eigenvalue weighted by atomic mass is 32.1. The highest BCUT2D eigenvalue weighted by Crippen LogP contribution is 2.34. The van der Waals surface area contributed by atoms with E-state index in [0.29, 0.717) is 28.5 Å². The van der Waals surface area contributed by atoms with Gasteiger partial charge < -0.3 is 15.0 Å². The summed E-state index contributed by atoms with van der Waals surface area (Å²) in [6, 6.07) is 7.74. The summed E-state index contributed by atoms with van der Waals surface area (Å²) in [5.41, 5.74) is 2.74. The number of carbonyl (C=O) groups excluding carboxylic acids is 3. The van der Waals surface area contributed by atoms with Crippen molar-refractivity contribution in [1.29, 1.82) is 0 Å². The van der Waals surface area contributed by atoms with Crippen LogP contribution < -0.4 is 5.32 Å². The first-order valence-corrected chi connectivity index (χ1v) is 10.2. The molecule has 1 aromatic carbocycles. The second-order valence-electron chi connectivity index (χ2n) is 6.46. The first kappa shape index (κ1) is 22.4. The summed E-state index contributed by atoms with van der Waals surface area (Å²) in [6.45, 7) is 8.58. The van der Waals surface area contributed by atoms with E-state index >= 15 is 0 Å². The first-order chi connectivity index (χ1) is 13.8. The number of nitrogens with one attached hydrogen (secondary N) is 1. The van der Waals surface area contributed by atoms with Crippen molar-refractivity contribution in [2.24, 2.45) is 0 Å². The van der Waals surface area contributed by atoms with Crippen LogP contribution in [0.25, 0.3) is 6.08 Å². The van der Waals surface area contributed by atoms with Crippen LogP contribution in [-0.2, 0) is 9.53 Å². The van der Waals surface area contributed by atoms with Gasteiger partial charge in [-0.1, -0.05) is 29.8 Å². The highest BCUT2D eigenvalue weighted by Gasteiger charge is 2.27. The van der Waals surface area contributed by atoms with Crippen molar-refractivity contribution in [3.05, 3.63) is 57.5 Å². The predicted octanol–water partition coefficient (Wildman–Crippen LogP) is 4.29. The summed E-state index contributed by atoms with van der Waals surface area (Å²) in [4.78, 5) is 39.6. The summed E-state index contributed by atoms with van der Waals surface area (Å²) < 4.78 is 4.86. The van der Waals surface area contributed by atoms with E-state index in [-0.39, 0.29) is 17.4 Å². The van der Waals surface area contributed by atoms with Crippen molar-refractivity contribution in [3.8, 4) is 0 Å². The van der Waals surface area contributed by atoms with Crippen LogP contribution in [0, 0.1) is 13.8 Å². The van der Waals surface area contributed by atoms with Crippen LogP contribution in [0.1, 0.15) is 50.6 Å². The monoisotopic (exact) mass is 414 g/mol. The minimum atomic E-state index is -0.588. The minimum Gasteiger partial charge on any atom is -0.465 e. The number of esters is 1. The summed E-state index contributed by atoms with van der Waals surface area (Å²) in [7, 11) is 1.27. The molecule has 0 spiro atoms. The zero-order chi connectivity index (χ0) is 21.6. The fourth-order valence-electron chi connectivity index (χ4n) is 2.81. The third-order valence-corrected chi connectivity index (χ3v) is 5.72. The number of amides is 2. The molecule has 0 radical (unpaired) electrons. The Hall–Kier alpha value is -2.93. The maximum Gasteiger partial charge on any atom is 0.341 e. The van der Waals surface area contributed by atoms with Gasteiger partial charge in [0.25, 0.3) is 5.91 Å². The minimum absolute atomic E-state index is 0.168. The number of hydrogen-bond donors (Lipinski definition) is 1. The van der Waals surface area contributed by atoms with Gasteiger partial charge in [0.15, 0.2) is 0 Å². The van der Waals surface area contributed by atoms with Gasteiger partial charge in [0.2, 0.25) is 5.91 Å². The summed E-state index contributed by atoms with van der Waals surface area (Å²) in [6.07, 6.45) is 3.09. The van der Waals surface area contributed by atoms with E-state index in [2.05, 4.69) is 5.32 Å². The number of ether oxygens (including phenoxy) is 1. The molecule has 1 aromatic heterocycles. The standard InChI is InChI=1S/C22H26N2O4S/c1-6-24(7-2)21(26)19-15(4)18(22(27)28-5)20(29-19)23-17(25)13-12-16-10-8-14(3)9-11-16/h8-13H,6-7H2,1-5H3,(H,23,25)/b13-12-. The van der Waals surface area contributed by atoms with E-state index in [1.165, 1.54) is 13.2 Å². The topological polar surface area (TPSA) is 75.7 Å². The molecular formula is C22H26N2O4S. The van der Waals surface area contributed by atoms with Gasteiger partial charge in [-0.25, -0.2) is 4.79 Å². The second kappa shape index (κ2) is 10.0. The lowest BCUT2D eigenvalue weighted by Crippen LogP contribution is -2.30. The van der Waals surface area contributed by atoms with Crippen LogP contribution >= 0.6 is 11.3 Å². The number of methoxy groups -OCH3 is 1. The van der Waals surface area contributed by atoms with E-state index in [0.717, 1.165) is 22.5 Å². The fraction of sp³-hybridized carbons (Fsp3) is 0.318. The summed E-state index contributed by atoms with van der Waals surface area (Å²) >= 11 is 1.09. The summed E-state index contributed by atoms with van der Waals surface area (Å²) in [5.74, 6) is -1.15. The van der Waals surface area contributed by atoms with Gasteiger partial charge in [-0.05, 0) is 44.9 Å². The zero-order valence-corrected chi connectivity index (χ0v) is 18.2. The van der Waals surface area contributed by atoms with Crippen LogP contribution in [0.2, 0.25) is 0 Å². The average molecular weight is 415 g/mol. The molecule has 29 heavy (non-hydrogen) atoms. The van der Waals surface area contributed by atoms with Gasteiger partial charge in [-0.2, -0.15) is 0 Å². The van der Waals surface area contributed by atoms with E-state index in [1.54, 1.807) is 17.9 Å². The molecule has 0 bridgehead atoms. The molecule has 154 valence electrons. The number of carbonyl (C=O) groups is 3. The number of hydrogen-bond acceptors (Lipinski definition) is 5. The van der Waals surface area contributed by atoms with E-state index in [9.17, 15) is 14.4 Å². The molecule has 0 aliphatic rings. The first-order valence-electron chi connectivity index (χ1n) is 9.39. The fourth-order valence-corrected chi connectivity index (χ4v) is 3.98. The van der Waals surface area contributed by atoms with Crippen LogP contribution in [0.3, 0.4) is 0 Å². The lowest BCUT2D eigenvalue weighted by molar-refractivity contribution is -0.111. The van der Waals surface area contributed by atoms with Gasteiger partial charge >= 0.3 is 5.97 Å². The van der Waals surface area contributed by atoms with Crippen molar-refractivity contribution in [2.45, 2.75) is 27.7 Å². The van der Waals surface area contributed by atoms with Crippen LogP contribution in [0.15, 0.2) is 30.3 Å². The lowest BCUT2D eigenvalue weighted by Gasteiger charge is -2.17. The Morgan fingerprint density at radius 2 is 1.72 bits per heavy atom. The zero-order valence-electron chi connectivity index (χ0n) is 17.4. The Kier molecular flexibility index (Phi) is 7.73. The van der Waals surface area contributed by atoms with E-state index in [4.69, 9.17) is 4.74 Å². The number of rotatable bonds is 7. The smallest absolute Gasteiger partial charge is 0.341 e. The Balaban J connectivity index is 2.31. The SMILES string of the molecule is CCN(CC)C(=O)c1sc(NC(=O)/C=C\c2ccc(C)cc2)c(C(=O)OC)c1C. The van der Waals surface area contributed by atoms with Gasteiger partial charge in [-0.15, -0.1) is 11.3 Å². The van der Waals surface area contributed by atoms with Crippen molar-refractivity contribution < 1.29 is 19.1 Å². The van der Waals surface area contributed by atoms with Crippen LogP contribution in [0.4, 0.5) is 5.00 Å². The molecule has 2 aromatic rings. The average Bonchev–Trinajstić information content (AvgIpc) is 3.03. The molecule has 0 saturated carbocycles. The normalized spacial score (nSPS) is 10.8. The van der Waals surface area contributed by atoms with Gasteiger partial charge in [0, 0.05) is 19.2 Å².